The van der Waals surface area contributed by atoms with E-state index in [0.717, 1.165) is 6.42 Å². The lowest BCUT2D eigenvalue weighted by Crippen LogP contribution is -2.19. The fourth-order valence-electron chi connectivity index (χ4n) is 1.86. The highest BCUT2D eigenvalue weighted by Crippen LogP contribution is 2.33. The smallest absolute Gasteiger partial charge is 0.334 e. The molecule has 0 amide bonds. The molecule has 0 spiro atoms. The summed E-state index contributed by atoms with van der Waals surface area (Å²) < 4.78 is 6.54. The van der Waals surface area contributed by atoms with Crippen molar-refractivity contribution in [2.75, 3.05) is 19.0 Å². The number of hydrogen-bond donors (Lipinski definition) is 1. The number of nitrogens with one attached hydrogen (secondary N) is 1. The van der Waals surface area contributed by atoms with Gasteiger partial charge in [-0.15, -0.1) is 0 Å². The molecule has 108 valence electrons. The summed E-state index contributed by atoms with van der Waals surface area (Å²) >= 11 is 0. The van der Waals surface area contributed by atoms with Gasteiger partial charge in [-0.3, -0.25) is 10.1 Å². The fraction of sp³-hybridized carbons (Fsp3) is 0.750. The number of ether oxygens (including phenoxy) is 1. The van der Waals surface area contributed by atoms with E-state index >= 15 is 0 Å². The summed E-state index contributed by atoms with van der Waals surface area (Å²) in [5.41, 5.74) is 0.579. The van der Waals surface area contributed by atoms with Crippen LogP contribution in [0.15, 0.2) is 0 Å². The second kappa shape index (κ2) is 6.51. The number of rotatable bonds is 7. The minimum absolute atomic E-state index is 0.0106. The molecule has 1 aromatic rings. The summed E-state index contributed by atoms with van der Waals surface area (Å²) in [5.74, 6) is 0.466. The van der Waals surface area contributed by atoms with Crippen molar-refractivity contribution in [2.45, 2.75) is 39.2 Å². The van der Waals surface area contributed by atoms with Crippen molar-refractivity contribution >= 4 is 11.5 Å². The van der Waals surface area contributed by atoms with E-state index in [4.69, 9.17) is 4.74 Å². The first-order chi connectivity index (χ1) is 8.88. The van der Waals surface area contributed by atoms with Crippen LogP contribution in [0.5, 0.6) is 0 Å². The van der Waals surface area contributed by atoms with E-state index in [1.165, 1.54) is 4.68 Å². The zero-order chi connectivity index (χ0) is 14.6. The van der Waals surface area contributed by atoms with Crippen LogP contribution < -0.4 is 5.32 Å². The molecule has 1 N–H and O–H groups in total. The number of methoxy groups -OCH3 is 1. The van der Waals surface area contributed by atoms with Gasteiger partial charge in [-0.1, -0.05) is 13.8 Å². The zero-order valence-electron chi connectivity index (χ0n) is 12.1. The lowest BCUT2D eigenvalue weighted by atomic mass is 10.1. The van der Waals surface area contributed by atoms with Gasteiger partial charge in [0.05, 0.1) is 4.92 Å². The van der Waals surface area contributed by atoms with Crippen molar-refractivity contribution in [3.05, 3.63) is 15.8 Å². The minimum atomic E-state index is -0.367. The first kappa shape index (κ1) is 15.4. The standard InChI is InChI=1S/C12H22N4O3/c1-8(2)10-11(16(17)18)12(15(4)14-10)13-9(3)6-7-19-5/h8-9,13H,6-7H2,1-5H3. The van der Waals surface area contributed by atoms with Crippen molar-refractivity contribution < 1.29 is 9.66 Å². The van der Waals surface area contributed by atoms with E-state index < -0.39 is 0 Å². The average molecular weight is 270 g/mol. The van der Waals surface area contributed by atoms with Gasteiger partial charge in [0.15, 0.2) is 0 Å². The summed E-state index contributed by atoms with van der Waals surface area (Å²) in [4.78, 5) is 10.9. The quantitative estimate of drug-likeness (QED) is 0.607. The second-order valence-electron chi connectivity index (χ2n) is 4.94. The molecule has 7 nitrogen and oxygen atoms in total. The molecule has 0 aliphatic carbocycles. The molecule has 0 aliphatic heterocycles. The number of aryl methyl sites for hydroxylation is 1. The van der Waals surface area contributed by atoms with Crippen molar-refractivity contribution in [3.63, 3.8) is 0 Å². The Labute approximate surface area is 113 Å². The Balaban J connectivity index is 3.02. The topological polar surface area (TPSA) is 82.2 Å². The van der Waals surface area contributed by atoms with Crippen LogP contribution in [0.1, 0.15) is 38.8 Å². The maximum absolute atomic E-state index is 11.2. The van der Waals surface area contributed by atoms with Gasteiger partial charge in [0.1, 0.15) is 5.69 Å². The first-order valence-corrected chi connectivity index (χ1v) is 6.35. The van der Waals surface area contributed by atoms with Gasteiger partial charge in [0.2, 0.25) is 5.82 Å². The van der Waals surface area contributed by atoms with Crippen LogP contribution in [0.2, 0.25) is 0 Å². The summed E-state index contributed by atoms with van der Waals surface area (Å²) in [7, 11) is 3.35. The SMILES string of the molecule is COCCC(C)Nc1c([N+](=O)[O-])c(C(C)C)nn1C. The Morgan fingerprint density at radius 3 is 2.58 bits per heavy atom. The monoisotopic (exact) mass is 270 g/mol. The van der Waals surface area contributed by atoms with E-state index in [9.17, 15) is 10.1 Å². The van der Waals surface area contributed by atoms with E-state index in [2.05, 4.69) is 10.4 Å². The molecule has 19 heavy (non-hydrogen) atoms. The number of hydrogen-bond acceptors (Lipinski definition) is 5. The molecule has 1 atom stereocenters. The maximum Gasteiger partial charge on any atom is 0.334 e. The molecule has 1 rings (SSSR count). The summed E-state index contributed by atoms with van der Waals surface area (Å²) in [6, 6.07) is 0.0778. The van der Waals surface area contributed by atoms with Crippen LogP contribution in [0, 0.1) is 10.1 Å². The van der Waals surface area contributed by atoms with Gasteiger partial charge in [-0.05, 0) is 13.3 Å². The van der Waals surface area contributed by atoms with Crippen LogP contribution >= 0.6 is 0 Å². The molecule has 0 saturated heterocycles. The predicted octanol–water partition coefficient (Wildman–Crippen LogP) is 2.29. The highest BCUT2D eigenvalue weighted by molar-refractivity contribution is 5.61. The third kappa shape index (κ3) is 3.66. The highest BCUT2D eigenvalue weighted by Gasteiger charge is 2.28. The summed E-state index contributed by atoms with van der Waals surface area (Å²) in [5, 5.41) is 18.6. The molecule has 0 fully saturated rings. The fourth-order valence-corrected chi connectivity index (χ4v) is 1.86. The third-order valence-electron chi connectivity index (χ3n) is 2.92. The number of anilines is 1. The van der Waals surface area contributed by atoms with E-state index in [1.54, 1.807) is 14.2 Å². The van der Waals surface area contributed by atoms with Crippen LogP contribution in [0.3, 0.4) is 0 Å². The Hall–Kier alpha value is -1.63. The molecule has 0 saturated carbocycles. The lowest BCUT2D eigenvalue weighted by Gasteiger charge is -2.14. The molecule has 7 heteroatoms. The van der Waals surface area contributed by atoms with Crippen LogP contribution in [-0.4, -0.2) is 34.5 Å². The maximum atomic E-state index is 11.2. The predicted molar refractivity (Wildman–Crippen MR) is 73.5 cm³/mol. The molecule has 1 aromatic heterocycles. The van der Waals surface area contributed by atoms with Crippen molar-refractivity contribution in [1.82, 2.24) is 9.78 Å². The Bertz CT molecular complexity index is 442. The Kier molecular flexibility index (Phi) is 5.29. The first-order valence-electron chi connectivity index (χ1n) is 6.35. The van der Waals surface area contributed by atoms with Crippen molar-refractivity contribution in [1.29, 1.82) is 0 Å². The Morgan fingerprint density at radius 1 is 1.47 bits per heavy atom. The van der Waals surface area contributed by atoms with Gasteiger partial charge < -0.3 is 10.1 Å². The molecule has 0 bridgehead atoms. The second-order valence-corrected chi connectivity index (χ2v) is 4.94. The molecule has 0 aliphatic rings. The molecule has 0 aromatic carbocycles. The van der Waals surface area contributed by atoms with Gasteiger partial charge in [0.25, 0.3) is 0 Å². The minimum Gasteiger partial charge on any atom is -0.385 e. The molecule has 1 unspecified atom stereocenters. The van der Waals surface area contributed by atoms with Crippen LogP contribution in [0.25, 0.3) is 0 Å². The summed E-state index contributed by atoms with van der Waals surface area (Å²) in [6.07, 6.45) is 0.774. The van der Waals surface area contributed by atoms with Gasteiger partial charge in [0, 0.05) is 32.7 Å². The normalized spacial score (nSPS) is 12.7. The highest BCUT2D eigenvalue weighted by atomic mass is 16.6. The van der Waals surface area contributed by atoms with Gasteiger partial charge in [-0.25, -0.2) is 4.68 Å². The van der Waals surface area contributed by atoms with E-state index in [-0.39, 0.29) is 22.6 Å². The Morgan fingerprint density at radius 2 is 2.11 bits per heavy atom. The van der Waals surface area contributed by atoms with Crippen molar-refractivity contribution in [3.8, 4) is 0 Å². The molecule has 0 radical (unpaired) electrons. The van der Waals surface area contributed by atoms with Crippen LogP contribution in [0.4, 0.5) is 11.5 Å². The van der Waals surface area contributed by atoms with Crippen LogP contribution in [-0.2, 0) is 11.8 Å². The van der Waals surface area contributed by atoms with Crippen molar-refractivity contribution in [2.24, 2.45) is 7.05 Å². The van der Waals surface area contributed by atoms with Gasteiger partial charge >= 0.3 is 5.69 Å². The largest absolute Gasteiger partial charge is 0.385 e. The molecule has 1 heterocycles. The lowest BCUT2D eigenvalue weighted by molar-refractivity contribution is -0.384. The number of aromatic nitrogens is 2. The molecular weight excluding hydrogens is 248 g/mol. The van der Waals surface area contributed by atoms with E-state index in [1.807, 2.05) is 20.8 Å². The summed E-state index contributed by atoms with van der Waals surface area (Å²) in [6.45, 7) is 6.36. The number of nitro groups is 1. The average Bonchev–Trinajstić information content (AvgIpc) is 2.64. The molecular formula is C12H22N4O3. The van der Waals surface area contributed by atoms with Gasteiger partial charge in [-0.2, -0.15) is 5.10 Å². The van der Waals surface area contributed by atoms with E-state index in [0.29, 0.717) is 18.1 Å². The zero-order valence-corrected chi connectivity index (χ0v) is 12.1. The third-order valence-corrected chi connectivity index (χ3v) is 2.92. The number of nitrogens with zero attached hydrogens (tertiary/aromatic N) is 3.